The Kier molecular flexibility index (Phi) is 7.15. The van der Waals surface area contributed by atoms with Crippen LogP contribution in [-0.4, -0.2) is 40.9 Å². The van der Waals surface area contributed by atoms with Crippen LogP contribution >= 0.6 is 0 Å². The molecule has 4 aromatic carbocycles. The molecule has 0 aliphatic rings. The summed E-state index contributed by atoms with van der Waals surface area (Å²) < 4.78 is 0. The van der Waals surface area contributed by atoms with Crippen LogP contribution in [0.2, 0.25) is 0 Å². The number of benzene rings is 4. The van der Waals surface area contributed by atoms with Gasteiger partial charge < -0.3 is 40.9 Å². The first-order valence-corrected chi connectivity index (χ1v) is 12.4. The molecule has 0 saturated heterocycles. The molecular formula is C31H32O8. The van der Waals surface area contributed by atoms with Crippen LogP contribution in [0.5, 0.6) is 46.0 Å². The first-order valence-electron chi connectivity index (χ1n) is 12.4. The molecule has 0 aromatic heterocycles. The molecule has 0 aliphatic carbocycles. The van der Waals surface area contributed by atoms with Gasteiger partial charge in [-0.2, -0.15) is 0 Å². The van der Waals surface area contributed by atoms with E-state index in [4.69, 9.17) is 0 Å². The van der Waals surface area contributed by atoms with Gasteiger partial charge in [0.05, 0.1) is 0 Å². The third kappa shape index (κ3) is 5.18. The zero-order chi connectivity index (χ0) is 28.8. The van der Waals surface area contributed by atoms with Gasteiger partial charge in [0.2, 0.25) is 11.5 Å². The van der Waals surface area contributed by atoms with Gasteiger partial charge in [-0.25, -0.2) is 0 Å². The van der Waals surface area contributed by atoms with Gasteiger partial charge in [-0.05, 0) is 90.8 Å². The van der Waals surface area contributed by atoms with Gasteiger partial charge in [0.15, 0.2) is 23.0 Å². The van der Waals surface area contributed by atoms with Gasteiger partial charge in [0, 0.05) is 24.0 Å². The van der Waals surface area contributed by atoms with Crippen LogP contribution in [0.4, 0.5) is 0 Å². The van der Waals surface area contributed by atoms with Crippen LogP contribution in [0, 0.1) is 27.7 Å². The van der Waals surface area contributed by atoms with E-state index in [9.17, 15) is 40.9 Å². The maximum atomic E-state index is 10.8. The van der Waals surface area contributed by atoms with E-state index >= 15 is 0 Å². The highest BCUT2D eigenvalue weighted by Crippen LogP contribution is 2.45. The number of hydrogen-bond donors (Lipinski definition) is 8. The molecule has 0 atom stereocenters. The van der Waals surface area contributed by atoms with Crippen molar-refractivity contribution in [2.24, 2.45) is 0 Å². The quantitative estimate of drug-likeness (QED) is 0.154. The van der Waals surface area contributed by atoms with E-state index in [-0.39, 0.29) is 30.8 Å². The summed E-state index contributed by atoms with van der Waals surface area (Å²) in [4.78, 5) is 0. The molecular weight excluding hydrogens is 500 g/mol. The lowest BCUT2D eigenvalue weighted by Gasteiger charge is -2.19. The Hall–Kier alpha value is -4.72. The smallest absolute Gasteiger partial charge is 0.200 e. The standard InChI is InChI=1S/C31H32O8/c1-14-5-18(6-15(2)26(14)34)9-22-20(12-24(32)30(38)28(22)36)11-21-13-25(33)31(39)29(37)23(21)10-19-7-16(3)27(35)17(4)8-19/h5-8,12-13,32-39H,9-11H2,1-4H3. The Balaban J connectivity index is 1.84. The first kappa shape index (κ1) is 27.3. The molecule has 4 aromatic rings. The number of hydrogen-bond acceptors (Lipinski definition) is 8. The average molecular weight is 533 g/mol. The number of aryl methyl sites for hydroxylation is 4. The van der Waals surface area contributed by atoms with Crippen molar-refractivity contribution in [3.63, 3.8) is 0 Å². The van der Waals surface area contributed by atoms with Crippen LogP contribution < -0.4 is 0 Å². The Morgan fingerprint density at radius 2 is 0.692 bits per heavy atom. The lowest BCUT2D eigenvalue weighted by molar-refractivity contribution is 0.363. The molecule has 39 heavy (non-hydrogen) atoms. The van der Waals surface area contributed by atoms with Crippen molar-refractivity contribution >= 4 is 0 Å². The second-order valence-corrected chi connectivity index (χ2v) is 10.1. The van der Waals surface area contributed by atoms with Crippen molar-refractivity contribution in [2.75, 3.05) is 0 Å². The van der Waals surface area contributed by atoms with Crippen molar-refractivity contribution in [3.8, 4) is 46.0 Å². The van der Waals surface area contributed by atoms with E-state index in [1.807, 2.05) is 0 Å². The highest BCUT2D eigenvalue weighted by atomic mass is 16.3. The van der Waals surface area contributed by atoms with Gasteiger partial charge in [-0.1, -0.05) is 24.3 Å². The van der Waals surface area contributed by atoms with Gasteiger partial charge in [-0.15, -0.1) is 0 Å². The van der Waals surface area contributed by atoms with Crippen LogP contribution in [0.3, 0.4) is 0 Å². The molecule has 0 heterocycles. The van der Waals surface area contributed by atoms with Gasteiger partial charge in [0.25, 0.3) is 0 Å². The van der Waals surface area contributed by atoms with E-state index in [0.29, 0.717) is 44.5 Å². The minimum atomic E-state index is -0.673. The summed E-state index contributed by atoms with van der Waals surface area (Å²) in [6.07, 6.45) is 0.316. The number of phenols is 8. The van der Waals surface area contributed by atoms with E-state index in [0.717, 1.165) is 11.1 Å². The summed E-state index contributed by atoms with van der Waals surface area (Å²) in [5, 5.41) is 83.1. The fraction of sp³-hybridized carbons (Fsp3) is 0.226. The lowest BCUT2D eigenvalue weighted by Crippen LogP contribution is -2.03. The van der Waals surface area contributed by atoms with Crippen molar-refractivity contribution in [1.82, 2.24) is 0 Å². The van der Waals surface area contributed by atoms with E-state index in [1.165, 1.54) is 12.1 Å². The van der Waals surface area contributed by atoms with Gasteiger partial charge in [-0.3, -0.25) is 0 Å². The second-order valence-electron chi connectivity index (χ2n) is 10.1. The molecule has 0 radical (unpaired) electrons. The predicted molar refractivity (Wildman–Crippen MR) is 146 cm³/mol. The summed E-state index contributed by atoms with van der Waals surface area (Å²) in [5.74, 6) is -3.11. The molecule has 8 N–H and O–H groups in total. The maximum absolute atomic E-state index is 10.8. The van der Waals surface area contributed by atoms with Gasteiger partial charge in [0.1, 0.15) is 11.5 Å². The lowest BCUT2D eigenvalue weighted by atomic mass is 9.88. The minimum Gasteiger partial charge on any atom is -0.507 e. The third-order valence-electron chi connectivity index (χ3n) is 7.15. The fourth-order valence-electron chi connectivity index (χ4n) is 5.09. The number of rotatable bonds is 6. The maximum Gasteiger partial charge on any atom is 0.200 e. The number of aromatic hydroxyl groups is 8. The van der Waals surface area contributed by atoms with Crippen molar-refractivity contribution in [1.29, 1.82) is 0 Å². The van der Waals surface area contributed by atoms with Gasteiger partial charge >= 0.3 is 0 Å². The molecule has 0 spiro atoms. The van der Waals surface area contributed by atoms with E-state index in [2.05, 4.69) is 0 Å². The normalized spacial score (nSPS) is 11.2. The highest BCUT2D eigenvalue weighted by molar-refractivity contribution is 5.63. The fourth-order valence-corrected chi connectivity index (χ4v) is 5.09. The van der Waals surface area contributed by atoms with Crippen LogP contribution in [0.25, 0.3) is 0 Å². The van der Waals surface area contributed by atoms with Crippen LogP contribution in [-0.2, 0) is 19.3 Å². The first-order chi connectivity index (χ1) is 18.3. The molecule has 8 heteroatoms. The van der Waals surface area contributed by atoms with Crippen molar-refractivity contribution in [3.05, 3.63) is 92.0 Å². The Bertz CT molecular complexity index is 1440. The molecule has 8 nitrogen and oxygen atoms in total. The predicted octanol–water partition coefficient (Wildman–Crippen LogP) is 5.34. The minimum absolute atomic E-state index is 0.0135. The Morgan fingerprint density at radius 1 is 0.385 bits per heavy atom. The van der Waals surface area contributed by atoms with Crippen LogP contribution in [0.15, 0.2) is 36.4 Å². The zero-order valence-electron chi connectivity index (χ0n) is 22.2. The Morgan fingerprint density at radius 3 is 1.00 bits per heavy atom. The largest absolute Gasteiger partial charge is 0.507 e. The zero-order valence-corrected chi connectivity index (χ0v) is 22.2. The summed E-state index contributed by atoms with van der Waals surface area (Å²) in [6.45, 7) is 7.01. The molecule has 0 bridgehead atoms. The molecule has 0 fully saturated rings. The SMILES string of the molecule is Cc1cc(Cc2c(Cc3cc(O)c(O)c(O)c3Cc3cc(C)c(O)c(C)c3)cc(O)c(O)c2O)cc(C)c1O. The van der Waals surface area contributed by atoms with E-state index in [1.54, 1.807) is 52.0 Å². The average Bonchev–Trinajstić information content (AvgIpc) is 2.87. The van der Waals surface area contributed by atoms with Crippen molar-refractivity contribution < 1.29 is 40.9 Å². The molecule has 0 aliphatic heterocycles. The summed E-state index contributed by atoms with van der Waals surface area (Å²) in [7, 11) is 0. The molecule has 4 rings (SSSR count). The Labute approximate surface area is 226 Å². The molecule has 0 unspecified atom stereocenters. The monoisotopic (exact) mass is 532 g/mol. The molecule has 204 valence electrons. The van der Waals surface area contributed by atoms with E-state index < -0.39 is 34.5 Å². The molecule has 0 saturated carbocycles. The third-order valence-corrected chi connectivity index (χ3v) is 7.15. The highest BCUT2D eigenvalue weighted by Gasteiger charge is 2.23. The van der Waals surface area contributed by atoms with Crippen molar-refractivity contribution in [2.45, 2.75) is 47.0 Å². The number of phenolic OH excluding ortho intramolecular Hbond substituents is 8. The van der Waals surface area contributed by atoms with Crippen LogP contribution in [0.1, 0.15) is 55.6 Å². The molecule has 0 amide bonds. The summed E-state index contributed by atoms with van der Waals surface area (Å²) >= 11 is 0. The second kappa shape index (κ2) is 10.2. The topological polar surface area (TPSA) is 162 Å². The summed E-state index contributed by atoms with van der Waals surface area (Å²) in [5.41, 5.74) is 5.51. The summed E-state index contributed by atoms with van der Waals surface area (Å²) in [6, 6.07) is 9.65.